The summed E-state index contributed by atoms with van der Waals surface area (Å²) in [6.07, 6.45) is 1.75. The zero-order valence-electron chi connectivity index (χ0n) is 14.6. The number of carbonyl (C=O) groups excluding carboxylic acids is 1. The number of nitrogens with one attached hydrogen (secondary N) is 1. The number of nitrogens with zero attached hydrogens (tertiary/aromatic N) is 5. The number of rotatable bonds is 3. The van der Waals surface area contributed by atoms with Crippen LogP contribution in [0.15, 0.2) is 54.6 Å². The minimum absolute atomic E-state index is 0.0345. The minimum Gasteiger partial charge on any atom is -0.324 e. The second-order valence-corrected chi connectivity index (χ2v) is 6.51. The summed E-state index contributed by atoms with van der Waals surface area (Å²) in [6, 6.07) is 15.3. The number of halogens is 1. The van der Waals surface area contributed by atoms with E-state index in [-0.39, 0.29) is 17.8 Å². The number of urea groups is 1. The fraction of sp³-hybridized carbons (Fsp3) is 0.263. The van der Waals surface area contributed by atoms with Crippen LogP contribution in [0.4, 0.5) is 14.9 Å². The van der Waals surface area contributed by atoms with E-state index in [1.807, 2.05) is 30.3 Å². The van der Waals surface area contributed by atoms with Gasteiger partial charge in [-0.05, 0) is 53.6 Å². The highest BCUT2D eigenvalue weighted by Crippen LogP contribution is 2.27. The fourth-order valence-corrected chi connectivity index (χ4v) is 3.34. The lowest BCUT2D eigenvalue weighted by Gasteiger charge is -2.32. The number of benzene rings is 2. The summed E-state index contributed by atoms with van der Waals surface area (Å²) >= 11 is 0. The molecule has 1 unspecified atom stereocenters. The highest BCUT2D eigenvalue weighted by atomic mass is 19.1. The van der Waals surface area contributed by atoms with Gasteiger partial charge < -0.3 is 10.2 Å². The Hall–Kier alpha value is -3.29. The van der Waals surface area contributed by atoms with Gasteiger partial charge in [0.05, 0.1) is 5.69 Å². The van der Waals surface area contributed by atoms with Crippen molar-refractivity contribution in [1.82, 2.24) is 25.1 Å². The smallest absolute Gasteiger partial charge is 0.321 e. The molecule has 1 aliphatic heterocycles. The standard InChI is InChI=1S/C19H19FN6O/c20-15-7-4-8-16(12-15)21-19(27)25-11-5-6-14(13-25)18-22-23-24-26(18)17-9-2-1-3-10-17/h1-4,7-10,12,14H,5-6,11,13H2,(H,21,27). The molecule has 2 aromatic carbocycles. The van der Waals surface area contributed by atoms with E-state index in [9.17, 15) is 9.18 Å². The highest BCUT2D eigenvalue weighted by Gasteiger charge is 2.29. The Morgan fingerprint density at radius 1 is 1.15 bits per heavy atom. The van der Waals surface area contributed by atoms with Crippen LogP contribution < -0.4 is 5.32 Å². The zero-order valence-corrected chi connectivity index (χ0v) is 14.6. The van der Waals surface area contributed by atoms with Gasteiger partial charge in [-0.2, -0.15) is 4.68 Å². The molecule has 0 aliphatic carbocycles. The lowest BCUT2D eigenvalue weighted by atomic mass is 9.97. The Morgan fingerprint density at radius 3 is 2.81 bits per heavy atom. The molecule has 1 saturated heterocycles. The van der Waals surface area contributed by atoms with Crippen molar-refractivity contribution in [3.05, 3.63) is 66.2 Å². The van der Waals surface area contributed by atoms with Crippen LogP contribution in [0.2, 0.25) is 0 Å². The summed E-state index contributed by atoms with van der Waals surface area (Å²) in [6.45, 7) is 1.15. The molecule has 1 N–H and O–H groups in total. The van der Waals surface area contributed by atoms with Crippen molar-refractivity contribution in [2.45, 2.75) is 18.8 Å². The van der Waals surface area contributed by atoms with Crippen LogP contribution in [-0.2, 0) is 0 Å². The molecule has 1 atom stereocenters. The molecule has 3 aromatic rings. The van der Waals surface area contributed by atoms with Crippen molar-refractivity contribution in [3.8, 4) is 5.69 Å². The molecule has 1 fully saturated rings. The first-order valence-corrected chi connectivity index (χ1v) is 8.86. The van der Waals surface area contributed by atoms with Gasteiger partial charge in [-0.3, -0.25) is 0 Å². The zero-order chi connectivity index (χ0) is 18.6. The fourth-order valence-electron chi connectivity index (χ4n) is 3.34. The first-order valence-electron chi connectivity index (χ1n) is 8.86. The Morgan fingerprint density at radius 2 is 2.00 bits per heavy atom. The predicted molar refractivity (Wildman–Crippen MR) is 98.1 cm³/mol. The Balaban J connectivity index is 1.49. The van der Waals surface area contributed by atoms with Crippen molar-refractivity contribution in [2.24, 2.45) is 0 Å². The number of carbonyl (C=O) groups is 1. The number of hydrogen-bond donors (Lipinski definition) is 1. The number of piperidine rings is 1. The Labute approximate surface area is 155 Å². The number of amides is 2. The van der Waals surface area contributed by atoms with Gasteiger partial charge >= 0.3 is 6.03 Å². The van der Waals surface area contributed by atoms with Crippen LogP contribution in [0, 0.1) is 5.82 Å². The number of para-hydroxylation sites is 1. The molecule has 4 rings (SSSR count). The molecule has 1 aromatic heterocycles. The molecule has 8 heteroatoms. The van der Waals surface area contributed by atoms with E-state index in [0.717, 1.165) is 24.4 Å². The average Bonchev–Trinajstić information content (AvgIpc) is 3.19. The summed E-state index contributed by atoms with van der Waals surface area (Å²) in [5.41, 5.74) is 1.33. The van der Waals surface area contributed by atoms with Gasteiger partial charge in [-0.15, -0.1) is 5.10 Å². The van der Waals surface area contributed by atoms with Crippen molar-refractivity contribution < 1.29 is 9.18 Å². The Kier molecular flexibility index (Phi) is 4.78. The normalized spacial score (nSPS) is 16.9. The van der Waals surface area contributed by atoms with Gasteiger partial charge in [0.1, 0.15) is 5.82 Å². The molecule has 0 spiro atoms. The second-order valence-electron chi connectivity index (χ2n) is 6.51. The number of tetrazole rings is 1. The first-order chi connectivity index (χ1) is 13.2. The van der Waals surface area contributed by atoms with Gasteiger partial charge in [0, 0.05) is 24.7 Å². The molecule has 2 heterocycles. The second kappa shape index (κ2) is 7.53. The van der Waals surface area contributed by atoms with E-state index < -0.39 is 0 Å². The van der Waals surface area contributed by atoms with Crippen LogP contribution in [0.25, 0.3) is 5.69 Å². The molecule has 2 amide bonds. The third-order valence-corrected chi connectivity index (χ3v) is 4.64. The predicted octanol–water partition coefficient (Wildman–Crippen LogP) is 3.21. The van der Waals surface area contributed by atoms with Crippen molar-refractivity contribution in [2.75, 3.05) is 18.4 Å². The van der Waals surface area contributed by atoms with Gasteiger partial charge in [0.2, 0.25) is 0 Å². The molecule has 0 saturated carbocycles. The molecule has 1 aliphatic rings. The van der Waals surface area contributed by atoms with Crippen LogP contribution in [0.1, 0.15) is 24.6 Å². The third-order valence-electron chi connectivity index (χ3n) is 4.64. The van der Waals surface area contributed by atoms with Crippen LogP contribution in [0.5, 0.6) is 0 Å². The first kappa shape index (κ1) is 17.1. The number of anilines is 1. The molecule has 7 nitrogen and oxygen atoms in total. The highest BCUT2D eigenvalue weighted by molar-refractivity contribution is 5.89. The molecular formula is C19H19FN6O. The maximum absolute atomic E-state index is 13.3. The lowest BCUT2D eigenvalue weighted by Crippen LogP contribution is -2.42. The maximum Gasteiger partial charge on any atom is 0.321 e. The largest absolute Gasteiger partial charge is 0.324 e. The third kappa shape index (κ3) is 3.79. The molecule has 27 heavy (non-hydrogen) atoms. The van der Waals surface area contributed by atoms with Crippen molar-refractivity contribution in [1.29, 1.82) is 0 Å². The maximum atomic E-state index is 13.3. The van der Waals surface area contributed by atoms with Crippen molar-refractivity contribution in [3.63, 3.8) is 0 Å². The van der Waals surface area contributed by atoms with E-state index in [4.69, 9.17) is 0 Å². The average molecular weight is 366 g/mol. The van der Waals surface area contributed by atoms with E-state index in [1.54, 1.807) is 21.7 Å². The van der Waals surface area contributed by atoms with E-state index in [0.29, 0.717) is 18.8 Å². The molecule has 138 valence electrons. The van der Waals surface area contributed by atoms with Crippen LogP contribution in [0.3, 0.4) is 0 Å². The van der Waals surface area contributed by atoms with Gasteiger partial charge in [-0.1, -0.05) is 24.3 Å². The molecule has 0 radical (unpaired) electrons. The summed E-state index contributed by atoms with van der Waals surface area (Å²) in [7, 11) is 0. The molecule has 0 bridgehead atoms. The summed E-state index contributed by atoms with van der Waals surface area (Å²) < 4.78 is 15.0. The summed E-state index contributed by atoms with van der Waals surface area (Å²) in [4.78, 5) is 14.3. The Bertz CT molecular complexity index is 929. The number of likely N-dealkylation sites (tertiary alicyclic amines) is 1. The monoisotopic (exact) mass is 366 g/mol. The van der Waals surface area contributed by atoms with Crippen LogP contribution in [-0.4, -0.2) is 44.2 Å². The topological polar surface area (TPSA) is 75.9 Å². The number of aromatic nitrogens is 4. The summed E-state index contributed by atoms with van der Waals surface area (Å²) in [5.74, 6) is 0.392. The van der Waals surface area contributed by atoms with Crippen LogP contribution >= 0.6 is 0 Å². The van der Waals surface area contributed by atoms with E-state index >= 15 is 0 Å². The number of hydrogen-bond acceptors (Lipinski definition) is 4. The van der Waals surface area contributed by atoms with Crippen molar-refractivity contribution >= 4 is 11.7 Å². The van der Waals surface area contributed by atoms with Gasteiger partial charge in [-0.25, -0.2) is 9.18 Å². The lowest BCUT2D eigenvalue weighted by molar-refractivity contribution is 0.191. The quantitative estimate of drug-likeness (QED) is 0.772. The van der Waals surface area contributed by atoms with E-state index in [2.05, 4.69) is 20.8 Å². The SMILES string of the molecule is O=C(Nc1cccc(F)c1)N1CCCC(c2nnnn2-c2ccccc2)C1. The molecular weight excluding hydrogens is 347 g/mol. The summed E-state index contributed by atoms with van der Waals surface area (Å²) in [5, 5.41) is 14.9. The van der Waals surface area contributed by atoms with Gasteiger partial charge in [0.25, 0.3) is 0 Å². The minimum atomic E-state index is -0.383. The van der Waals surface area contributed by atoms with Gasteiger partial charge in [0.15, 0.2) is 5.82 Å². The van der Waals surface area contributed by atoms with E-state index in [1.165, 1.54) is 12.1 Å².